The molecule has 0 spiro atoms. The van der Waals surface area contributed by atoms with Crippen molar-refractivity contribution in [2.24, 2.45) is 0 Å². The van der Waals surface area contributed by atoms with E-state index in [0.29, 0.717) is 13.0 Å². The zero-order valence-corrected chi connectivity index (χ0v) is 19.2. The lowest BCUT2D eigenvalue weighted by Gasteiger charge is -2.43. The van der Waals surface area contributed by atoms with Crippen LogP contribution in [0.15, 0.2) is 95.8 Å². The largest absolute Gasteiger partial charge is 0.472 e. The van der Waals surface area contributed by atoms with E-state index >= 15 is 0 Å². The number of benzene rings is 2. The standard InChI is InChI=1S/C26H32O3Si/c1-21(25(27)22-17-19-28-20-22)12-11-18-29-30(26(2,3)4,23-13-7-5-8-14-23)24-15-9-6-10-16-24/h5-10,13-17,19-20,25,27H,1,11-12,18H2,2-4H3/t25-/m1/s1. The fourth-order valence-electron chi connectivity index (χ4n) is 4.09. The lowest BCUT2D eigenvalue weighted by molar-refractivity contribution is 0.207. The molecule has 0 bridgehead atoms. The van der Waals surface area contributed by atoms with Crippen LogP contribution in [0.5, 0.6) is 0 Å². The molecular weight excluding hydrogens is 388 g/mol. The topological polar surface area (TPSA) is 42.6 Å². The second kappa shape index (κ2) is 9.60. The third kappa shape index (κ3) is 4.67. The summed E-state index contributed by atoms with van der Waals surface area (Å²) in [7, 11) is -2.51. The summed E-state index contributed by atoms with van der Waals surface area (Å²) in [5.74, 6) is 0. The minimum absolute atomic E-state index is 0.0387. The molecule has 0 aliphatic heterocycles. The average Bonchev–Trinajstić information content (AvgIpc) is 3.28. The number of hydrogen-bond donors (Lipinski definition) is 1. The van der Waals surface area contributed by atoms with Crippen molar-refractivity contribution in [2.45, 2.75) is 44.8 Å². The van der Waals surface area contributed by atoms with E-state index in [1.165, 1.54) is 10.4 Å². The van der Waals surface area contributed by atoms with Gasteiger partial charge in [-0.2, -0.15) is 0 Å². The summed E-state index contributed by atoms with van der Waals surface area (Å²) in [5.41, 5.74) is 1.52. The van der Waals surface area contributed by atoms with Gasteiger partial charge in [-0.25, -0.2) is 0 Å². The average molecular weight is 421 g/mol. The molecule has 0 radical (unpaired) electrons. The molecule has 3 nitrogen and oxygen atoms in total. The summed E-state index contributed by atoms with van der Waals surface area (Å²) in [4.78, 5) is 0. The monoisotopic (exact) mass is 420 g/mol. The van der Waals surface area contributed by atoms with Gasteiger partial charge >= 0.3 is 0 Å². The molecule has 30 heavy (non-hydrogen) atoms. The zero-order chi connectivity index (χ0) is 21.6. The first-order valence-corrected chi connectivity index (χ1v) is 12.4. The van der Waals surface area contributed by atoms with Gasteiger partial charge in [-0.3, -0.25) is 0 Å². The second-order valence-corrected chi connectivity index (χ2v) is 13.0. The normalized spacial score (nSPS) is 13.2. The third-order valence-corrected chi connectivity index (χ3v) is 10.7. The van der Waals surface area contributed by atoms with E-state index < -0.39 is 14.4 Å². The molecule has 1 N–H and O–H groups in total. The highest BCUT2D eigenvalue weighted by molar-refractivity contribution is 6.99. The number of aliphatic hydroxyl groups excluding tert-OH is 1. The van der Waals surface area contributed by atoms with Crippen molar-refractivity contribution < 1.29 is 13.9 Å². The Balaban J connectivity index is 1.79. The van der Waals surface area contributed by atoms with Crippen molar-refractivity contribution in [3.63, 3.8) is 0 Å². The molecular formula is C26H32O3Si. The minimum Gasteiger partial charge on any atom is -0.472 e. The maximum absolute atomic E-state index is 10.4. The SMILES string of the molecule is C=C(CCCO[Si](c1ccccc1)(c1ccccc1)C(C)(C)C)[C@@H](O)c1ccoc1. The van der Waals surface area contributed by atoms with Crippen LogP contribution in [0.4, 0.5) is 0 Å². The van der Waals surface area contributed by atoms with E-state index in [-0.39, 0.29) is 5.04 Å². The first kappa shape index (κ1) is 22.3. The van der Waals surface area contributed by atoms with E-state index in [0.717, 1.165) is 17.6 Å². The predicted octanol–water partition coefficient (Wildman–Crippen LogP) is 5.23. The van der Waals surface area contributed by atoms with Crippen LogP contribution in [0, 0.1) is 0 Å². The third-order valence-electron chi connectivity index (χ3n) is 5.62. The molecule has 0 saturated carbocycles. The lowest BCUT2D eigenvalue weighted by atomic mass is 10.0. The Morgan fingerprint density at radius 2 is 1.57 bits per heavy atom. The van der Waals surface area contributed by atoms with Crippen LogP contribution in [0.3, 0.4) is 0 Å². The van der Waals surface area contributed by atoms with E-state index in [1.807, 2.05) is 0 Å². The van der Waals surface area contributed by atoms with Crippen LogP contribution < -0.4 is 10.4 Å². The van der Waals surface area contributed by atoms with Crippen molar-refractivity contribution in [3.05, 3.63) is 97.0 Å². The first-order valence-electron chi connectivity index (χ1n) is 10.5. The molecule has 158 valence electrons. The van der Waals surface area contributed by atoms with Gasteiger partial charge < -0.3 is 13.9 Å². The van der Waals surface area contributed by atoms with Gasteiger partial charge in [-0.15, -0.1) is 0 Å². The van der Waals surface area contributed by atoms with Crippen molar-refractivity contribution in [1.82, 2.24) is 0 Å². The molecule has 0 aliphatic carbocycles. The van der Waals surface area contributed by atoms with Gasteiger partial charge in [0.1, 0.15) is 6.10 Å². The van der Waals surface area contributed by atoms with Crippen molar-refractivity contribution in [2.75, 3.05) is 6.61 Å². The van der Waals surface area contributed by atoms with Gasteiger partial charge in [0.2, 0.25) is 0 Å². The molecule has 3 aromatic rings. The van der Waals surface area contributed by atoms with Crippen LogP contribution in [-0.4, -0.2) is 20.0 Å². The summed E-state index contributed by atoms with van der Waals surface area (Å²) in [6.45, 7) is 11.5. The van der Waals surface area contributed by atoms with E-state index in [1.54, 1.807) is 18.6 Å². The van der Waals surface area contributed by atoms with Gasteiger partial charge in [-0.05, 0) is 39.9 Å². The molecule has 1 heterocycles. The number of aliphatic hydroxyl groups is 1. The molecule has 1 aromatic heterocycles. The molecule has 4 heteroatoms. The lowest BCUT2D eigenvalue weighted by Crippen LogP contribution is -2.66. The van der Waals surface area contributed by atoms with E-state index in [2.05, 4.69) is 88.0 Å². The predicted molar refractivity (Wildman–Crippen MR) is 126 cm³/mol. The minimum atomic E-state index is -2.51. The number of hydrogen-bond acceptors (Lipinski definition) is 3. The smallest absolute Gasteiger partial charge is 0.261 e. The highest BCUT2D eigenvalue weighted by atomic mass is 28.4. The Labute approximate surface area is 181 Å². The fourth-order valence-corrected chi connectivity index (χ4v) is 8.70. The Hall–Kier alpha value is -2.40. The molecule has 2 aromatic carbocycles. The summed E-state index contributed by atoms with van der Waals surface area (Å²) >= 11 is 0. The van der Waals surface area contributed by atoms with E-state index in [4.69, 9.17) is 8.84 Å². The highest BCUT2D eigenvalue weighted by Crippen LogP contribution is 2.37. The summed E-state index contributed by atoms with van der Waals surface area (Å²) < 4.78 is 12.0. The van der Waals surface area contributed by atoms with E-state index in [9.17, 15) is 5.11 Å². The molecule has 0 saturated heterocycles. The molecule has 0 unspecified atom stereocenters. The molecule has 3 rings (SSSR count). The summed E-state index contributed by atoms with van der Waals surface area (Å²) in [6.07, 6.45) is 3.94. The molecule has 1 atom stereocenters. The summed E-state index contributed by atoms with van der Waals surface area (Å²) in [5, 5.41) is 12.9. The van der Waals surface area contributed by atoms with Crippen LogP contribution in [0.1, 0.15) is 45.3 Å². The van der Waals surface area contributed by atoms with Crippen molar-refractivity contribution >= 4 is 18.7 Å². The zero-order valence-electron chi connectivity index (χ0n) is 18.2. The number of rotatable bonds is 9. The first-order chi connectivity index (χ1) is 14.4. The summed E-state index contributed by atoms with van der Waals surface area (Å²) in [6, 6.07) is 23.1. The van der Waals surface area contributed by atoms with Gasteiger partial charge in [-0.1, -0.05) is 88.0 Å². The van der Waals surface area contributed by atoms with Crippen LogP contribution in [-0.2, 0) is 4.43 Å². The molecule has 0 aliphatic rings. The Morgan fingerprint density at radius 3 is 2.03 bits per heavy atom. The van der Waals surface area contributed by atoms with Crippen LogP contribution in [0.2, 0.25) is 5.04 Å². The van der Waals surface area contributed by atoms with Crippen molar-refractivity contribution in [3.8, 4) is 0 Å². The second-order valence-electron chi connectivity index (χ2n) is 8.73. The van der Waals surface area contributed by atoms with Crippen LogP contribution >= 0.6 is 0 Å². The Bertz CT molecular complexity index is 872. The van der Waals surface area contributed by atoms with Gasteiger partial charge in [0.05, 0.1) is 12.5 Å². The van der Waals surface area contributed by atoms with Gasteiger partial charge in [0.25, 0.3) is 8.32 Å². The van der Waals surface area contributed by atoms with Gasteiger partial charge in [0.15, 0.2) is 0 Å². The molecule has 0 fully saturated rings. The maximum atomic E-state index is 10.4. The van der Waals surface area contributed by atoms with Gasteiger partial charge in [0, 0.05) is 12.2 Å². The molecule has 0 amide bonds. The number of furan rings is 1. The highest BCUT2D eigenvalue weighted by Gasteiger charge is 2.49. The quantitative estimate of drug-likeness (QED) is 0.293. The van der Waals surface area contributed by atoms with Crippen molar-refractivity contribution in [1.29, 1.82) is 0 Å². The van der Waals surface area contributed by atoms with Crippen LogP contribution in [0.25, 0.3) is 0 Å². The Morgan fingerprint density at radius 1 is 1.00 bits per heavy atom. The fraction of sp³-hybridized carbons (Fsp3) is 0.308. The Kier molecular flexibility index (Phi) is 7.13. The maximum Gasteiger partial charge on any atom is 0.261 e.